The zero-order valence-electron chi connectivity index (χ0n) is 10.2. The van der Waals surface area contributed by atoms with Crippen LogP contribution in [0.15, 0.2) is 18.5 Å². The SMILES string of the molecule is CCCNC(CC)CCc1cncc(F)c1. The fourth-order valence-corrected chi connectivity index (χ4v) is 1.73. The van der Waals surface area contributed by atoms with Crippen molar-refractivity contribution in [2.45, 2.75) is 45.6 Å². The van der Waals surface area contributed by atoms with Crippen molar-refractivity contribution in [3.63, 3.8) is 0 Å². The first-order chi connectivity index (χ1) is 7.76. The van der Waals surface area contributed by atoms with Crippen LogP contribution in [-0.2, 0) is 6.42 Å². The molecule has 3 heteroatoms. The summed E-state index contributed by atoms with van der Waals surface area (Å²) in [6, 6.07) is 2.10. The minimum Gasteiger partial charge on any atom is -0.314 e. The van der Waals surface area contributed by atoms with Gasteiger partial charge in [-0.3, -0.25) is 4.98 Å². The molecular weight excluding hydrogens is 203 g/mol. The second kappa shape index (κ2) is 7.34. The number of aryl methyl sites for hydroxylation is 1. The van der Waals surface area contributed by atoms with Crippen molar-refractivity contribution in [3.05, 3.63) is 29.8 Å². The van der Waals surface area contributed by atoms with Gasteiger partial charge in [0.25, 0.3) is 0 Å². The van der Waals surface area contributed by atoms with E-state index >= 15 is 0 Å². The molecule has 1 unspecified atom stereocenters. The third kappa shape index (κ3) is 4.71. The molecule has 0 aliphatic carbocycles. The standard InChI is InChI=1S/C13H21FN2/c1-3-7-16-13(4-2)6-5-11-8-12(14)10-15-9-11/h8-10,13,16H,3-7H2,1-2H3. The van der Waals surface area contributed by atoms with Crippen LogP contribution >= 0.6 is 0 Å². The lowest BCUT2D eigenvalue weighted by Gasteiger charge is -2.16. The Morgan fingerprint density at radius 3 is 2.81 bits per heavy atom. The van der Waals surface area contributed by atoms with Crippen molar-refractivity contribution in [1.82, 2.24) is 10.3 Å². The molecular formula is C13H21FN2. The highest BCUT2D eigenvalue weighted by Crippen LogP contribution is 2.07. The number of rotatable bonds is 7. The summed E-state index contributed by atoms with van der Waals surface area (Å²) in [7, 11) is 0. The smallest absolute Gasteiger partial charge is 0.141 e. The molecule has 90 valence electrons. The number of nitrogens with one attached hydrogen (secondary N) is 1. The van der Waals surface area contributed by atoms with E-state index in [-0.39, 0.29) is 5.82 Å². The molecule has 0 aromatic carbocycles. The molecule has 1 heterocycles. The lowest BCUT2D eigenvalue weighted by Crippen LogP contribution is -2.29. The van der Waals surface area contributed by atoms with Crippen LogP contribution in [0.4, 0.5) is 4.39 Å². The number of hydrogen-bond donors (Lipinski definition) is 1. The molecule has 2 nitrogen and oxygen atoms in total. The third-order valence-corrected chi connectivity index (χ3v) is 2.72. The zero-order chi connectivity index (χ0) is 11.8. The Kier molecular flexibility index (Phi) is 6.01. The van der Waals surface area contributed by atoms with Gasteiger partial charge < -0.3 is 5.32 Å². The molecule has 16 heavy (non-hydrogen) atoms. The number of hydrogen-bond acceptors (Lipinski definition) is 2. The van der Waals surface area contributed by atoms with E-state index < -0.39 is 0 Å². The first-order valence-corrected chi connectivity index (χ1v) is 6.09. The maximum atomic E-state index is 12.9. The Hall–Kier alpha value is -0.960. The molecule has 1 aromatic heterocycles. The highest BCUT2D eigenvalue weighted by molar-refractivity contribution is 5.10. The fourth-order valence-electron chi connectivity index (χ4n) is 1.73. The van der Waals surface area contributed by atoms with E-state index in [9.17, 15) is 4.39 Å². The second-order valence-electron chi connectivity index (χ2n) is 4.11. The second-order valence-corrected chi connectivity index (χ2v) is 4.11. The average Bonchev–Trinajstić information content (AvgIpc) is 2.29. The van der Waals surface area contributed by atoms with E-state index in [0.29, 0.717) is 6.04 Å². The lowest BCUT2D eigenvalue weighted by atomic mass is 10.0. The quantitative estimate of drug-likeness (QED) is 0.770. The summed E-state index contributed by atoms with van der Waals surface area (Å²) >= 11 is 0. The minimum atomic E-state index is -0.243. The monoisotopic (exact) mass is 224 g/mol. The van der Waals surface area contributed by atoms with Gasteiger partial charge in [0.15, 0.2) is 0 Å². The topological polar surface area (TPSA) is 24.9 Å². The molecule has 0 spiro atoms. The van der Waals surface area contributed by atoms with Crippen molar-refractivity contribution in [1.29, 1.82) is 0 Å². The summed E-state index contributed by atoms with van der Waals surface area (Å²) in [6.45, 7) is 5.40. The first-order valence-electron chi connectivity index (χ1n) is 6.09. The molecule has 0 amide bonds. The van der Waals surface area contributed by atoms with Crippen molar-refractivity contribution < 1.29 is 4.39 Å². The van der Waals surface area contributed by atoms with Gasteiger partial charge in [-0.05, 0) is 43.9 Å². The van der Waals surface area contributed by atoms with Crippen LogP contribution in [-0.4, -0.2) is 17.6 Å². The first kappa shape index (κ1) is 13.1. The predicted molar refractivity (Wildman–Crippen MR) is 64.9 cm³/mol. The van der Waals surface area contributed by atoms with Crippen LogP contribution < -0.4 is 5.32 Å². The summed E-state index contributed by atoms with van der Waals surface area (Å²) in [6.07, 6.45) is 7.19. The van der Waals surface area contributed by atoms with E-state index in [1.807, 2.05) is 0 Å². The molecule has 0 saturated heterocycles. The maximum absolute atomic E-state index is 12.9. The van der Waals surface area contributed by atoms with Crippen LogP contribution in [0.2, 0.25) is 0 Å². The maximum Gasteiger partial charge on any atom is 0.141 e. The largest absolute Gasteiger partial charge is 0.314 e. The summed E-state index contributed by atoms with van der Waals surface area (Å²) in [5.74, 6) is -0.243. The zero-order valence-corrected chi connectivity index (χ0v) is 10.2. The van der Waals surface area contributed by atoms with E-state index in [4.69, 9.17) is 0 Å². The molecule has 0 fully saturated rings. The number of nitrogens with zero attached hydrogens (tertiary/aromatic N) is 1. The molecule has 0 aliphatic rings. The Morgan fingerprint density at radius 2 is 2.19 bits per heavy atom. The van der Waals surface area contributed by atoms with Gasteiger partial charge in [-0.2, -0.15) is 0 Å². The van der Waals surface area contributed by atoms with Gasteiger partial charge in [0.2, 0.25) is 0 Å². The van der Waals surface area contributed by atoms with Gasteiger partial charge in [0.05, 0.1) is 6.20 Å². The van der Waals surface area contributed by atoms with Crippen LogP contribution in [0.5, 0.6) is 0 Å². The van der Waals surface area contributed by atoms with Crippen LogP contribution in [0, 0.1) is 5.82 Å². The fraction of sp³-hybridized carbons (Fsp3) is 0.615. The summed E-state index contributed by atoms with van der Waals surface area (Å²) < 4.78 is 12.9. The normalized spacial score (nSPS) is 12.7. The predicted octanol–water partition coefficient (Wildman–Crippen LogP) is 2.93. The summed E-state index contributed by atoms with van der Waals surface area (Å²) in [5.41, 5.74) is 0.983. The van der Waals surface area contributed by atoms with Gasteiger partial charge in [0.1, 0.15) is 5.82 Å². The van der Waals surface area contributed by atoms with Crippen molar-refractivity contribution in [2.75, 3.05) is 6.54 Å². The van der Waals surface area contributed by atoms with E-state index in [1.165, 1.54) is 6.20 Å². The molecule has 1 N–H and O–H groups in total. The van der Waals surface area contributed by atoms with Crippen molar-refractivity contribution in [2.24, 2.45) is 0 Å². The van der Waals surface area contributed by atoms with Crippen molar-refractivity contribution >= 4 is 0 Å². The summed E-state index contributed by atoms with van der Waals surface area (Å²) in [5, 5.41) is 3.49. The van der Waals surface area contributed by atoms with Gasteiger partial charge in [-0.1, -0.05) is 13.8 Å². The number of halogens is 1. The van der Waals surface area contributed by atoms with E-state index in [0.717, 1.165) is 37.8 Å². The number of pyridine rings is 1. The van der Waals surface area contributed by atoms with Gasteiger partial charge >= 0.3 is 0 Å². The Labute approximate surface area is 97.3 Å². The molecule has 0 radical (unpaired) electrons. The Balaban J connectivity index is 2.37. The highest BCUT2D eigenvalue weighted by atomic mass is 19.1. The average molecular weight is 224 g/mol. The lowest BCUT2D eigenvalue weighted by molar-refractivity contribution is 0.467. The molecule has 0 saturated carbocycles. The minimum absolute atomic E-state index is 0.243. The Bertz CT molecular complexity index is 302. The molecule has 1 atom stereocenters. The van der Waals surface area contributed by atoms with Crippen molar-refractivity contribution in [3.8, 4) is 0 Å². The molecule has 1 aromatic rings. The summed E-state index contributed by atoms with van der Waals surface area (Å²) in [4.78, 5) is 3.85. The Morgan fingerprint density at radius 1 is 1.38 bits per heavy atom. The van der Waals surface area contributed by atoms with Gasteiger partial charge in [0, 0.05) is 12.2 Å². The van der Waals surface area contributed by atoms with Gasteiger partial charge in [-0.25, -0.2) is 4.39 Å². The molecule has 0 aliphatic heterocycles. The number of aromatic nitrogens is 1. The van der Waals surface area contributed by atoms with Crippen LogP contribution in [0.3, 0.4) is 0 Å². The molecule has 0 bridgehead atoms. The highest BCUT2D eigenvalue weighted by Gasteiger charge is 2.05. The van der Waals surface area contributed by atoms with Crippen LogP contribution in [0.25, 0.3) is 0 Å². The molecule has 1 rings (SSSR count). The van der Waals surface area contributed by atoms with E-state index in [2.05, 4.69) is 24.1 Å². The third-order valence-electron chi connectivity index (χ3n) is 2.72. The van der Waals surface area contributed by atoms with Crippen LogP contribution in [0.1, 0.15) is 38.7 Å². The van der Waals surface area contributed by atoms with Gasteiger partial charge in [-0.15, -0.1) is 0 Å². The van der Waals surface area contributed by atoms with E-state index in [1.54, 1.807) is 12.3 Å².